The molecule has 3 nitrogen and oxygen atoms in total. The third kappa shape index (κ3) is 3.25. The van der Waals surface area contributed by atoms with Gasteiger partial charge >= 0.3 is 0 Å². The standard InChI is InChI=1S/C15H21NO2/c1-12(17)3-4-13-9-10-16(11-13)14-5-7-15(18-2)8-6-14/h5-8,13H,3-4,9-11H2,1-2H3. The van der Waals surface area contributed by atoms with Gasteiger partial charge in [-0.15, -0.1) is 0 Å². The number of anilines is 1. The van der Waals surface area contributed by atoms with E-state index >= 15 is 0 Å². The molecule has 2 rings (SSSR count). The molecule has 18 heavy (non-hydrogen) atoms. The molecule has 0 aliphatic carbocycles. The van der Waals surface area contributed by atoms with Gasteiger partial charge < -0.3 is 14.4 Å². The first-order valence-corrected chi connectivity index (χ1v) is 6.57. The fraction of sp³-hybridized carbons (Fsp3) is 0.533. The van der Waals surface area contributed by atoms with Gasteiger partial charge in [0.25, 0.3) is 0 Å². The van der Waals surface area contributed by atoms with Crippen LogP contribution in [0.2, 0.25) is 0 Å². The zero-order valence-electron chi connectivity index (χ0n) is 11.2. The van der Waals surface area contributed by atoms with Crippen molar-refractivity contribution in [3.05, 3.63) is 24.3 Å². The summed E-state index contributed by atoms with van der Waals surface area (Å²) < 4.78 is 5.16. The minimum Gasteiger partial charge on any atom is -0.497 e. The predicted molar refractivity (Wildman–Crippen MR) is 73.2 cm³/mol. The molecular weight excluding hydrogens is 226 g/mol. The Morgan fingerprint density at radius 3 is 2.72 bits per heavy atom. The molecule has 0 amide bonds. The Labute approximate surface area is 109 Å². The lowest BCUT2D eigenvalue weighted by atomic mass is 10.0. The minimum atomic E-state index is 0.304. The van der Waals surface area contributed by atoms with Gasteiger partial charge in [-0.2, -0.15) is 0 Å². The quantitative estimate of drug-likeness (QED) is 0.801. The summed E-state index contributed by atoms with van der Waals surface area (Å²) in [7, 11) is 1.68. The smallest absolute Gasteiger partial charge is 0.129 e. The maximum Gasteiger partial charge on any atom is 0.129 e. The molecule has 0 saturated carbocycles. The molecule has 0 aromatic heterocycles. The number of benzene rings is 1. The number of Topliss-reactive ketones (excluding diaryl/α,β-unsaturated/α-hetero) is 1. The number of carbonyl (C=O) groups excluding carboxylic acids is 1. The van der Waals surface area contributed by atoms with Gasteiger partial charge in [-0.1, -0.05) is 0 Å². The molecule has 1 heterocycles. The van der Waals surface area contributed by atoms with Crippen molar-refractivity contribution in [1.82, 2.24) is 0 Å². The molecule has 1 unspecified atom stereocenters. The van der Waals surface area contributed by atoms with Crippen LogP contribution in [-0.2, 0) is 4.79 Å². The first kappa shape index (κ1) is 12.9. The molecule has 1 fully saturated rings. The van der Waals surface area contributed by atoms with Crippen LogP contribution in [0.25, 0.3) is 0 Å². The lowest BCUT2D eigenvalue weighted by molar-refractivity contribution is -0.117. The highest BCUT2D eigenvalue weighted by atomic mass is 16.5. The van der Waals surface area contributed by atoms with Gasteiger partial charge in [0.2, 0.25) is 0 Å². The highest BCUT2D eigenvalue weighted by molar-refractivity contribution is 5.75. The summed E-state index contributed by atoms with van der Waals surface area (Å²) in [5.74, 6) is 1.86. The Bertz CT molecular complexity index is 399. The summed E-state index contributed by atoms with van der Waals surface area (Å²) in [6, 6.07) is 8.20. The lowest BCUT2D eigenvalue weighted by Gasteiger charge is -2.19. The molecule has 1 aromatic rings. The van der Waals surface area contributed by atoms with Gasteiger partial charge in [-0.3, -0.25) is 0 Å². The molecule has 0 N–H and O–H groups in total. The van der Waals surface area contributed by atoms with Gasteiger partial charge in [0.1, 0.15) is 11.5 Å². The first-order valence-electron chi connectivity index (χ1n) is 6.57. The topological polar surface area (TPSA) is 29.5 Å². The predicted octanol–water partition coefficient (Wildman–Crippen LogP) is 2.89. The van der Waals surface area contributed by atoms with Crippen LogP contribution < -0.4 is 9.64 Å². The summed E-state index contributed by atoms with van der Waals surface area (Å²) in [4.78, 5) is 13.4. The second kappa shape index (κ2) is 5.89. The van der Waals surface area contributed by atoms with Crippen molar-refractivity contribution >= 4 is 11.5 Å². The average Bonchev–Trinajstić information content (AvgIpc) is 2.85. The van der Waals surface area contributed by atoms with Crippen LogP contribution in [0.15, 0.2) is 24.3 Å². The van der Waals surface area contributed by atoms with Gasteiger partial charge in [0.15, 0.2) is 0 Å². The summed E-state index contributed by atoms with van der Waals surface area (Å²) >= 11 is 0. The Balaban J connectivity index is 1.89. The monoisotopic (exact) mass is 247 g/mol. The molecule has 1 aromatic carbocycles. The van der Waals surface area contributed by atoms with Crippen molar-refractivity contribution in [1.29, 1.82) is 0 Å². The third-order valence-electron chi connectivity index (χ3n) is 3.63. The number of methoxy groups -OCH3 is 1. The average molecular weight is 247 g/mol. The Morgan fingerprint density at radius 2 is 2.11 bits per heavy atom. The molecule has 0 radical (unpaired) electrons. The van der Waals surface area contributed by atoms with Gasteiger partial charge in [-0.25, -0.2) is 0 Å². The van der Waals surface area contributed by atoms with Crippen LogP contribution in [0.4, 0.5) is 5.69 Å². The third-order valence-corrected chi connectivity index (χ3v) is 3.63. The fourth-order valence-electron chi connectivity index (χ4n) is 2.50. The number of rotatable bonds is 5. The van der Waals surface area contributed by atoms with Gasteiger partial charge in [0, 0.05) is 25.2 Å². The van der Waals surface area contributed by atoms with Crippen molar-refractivity contribution in [2.24, 2.45) is 5.92 Å². The molecule has 98 valence electrons. The van der Waals surface area contributed by atoms with Crippen molar-refractivity contribution in [2.45, 2.75) is 26.2 Å². The van der Waals surface area contributed by atoms with Crippen LogP contribution in [-0.4, -0.2) is 26.0 Å². The molecular formula is C15H21NO2. The van der Waals surface area contributed by atoms with E-state index in [2.05, 4.69) is 17.0 Å². The molecule has 1 atom stereocenters. The molecule has 0 bridgehead atoms. The molecule has 1 aliphatic heterocycles. The maximum atomic E-state index is 11.0. The van der Waals surface area contributed by atoms with Crippen molar-refractivity contribution in [3.63, 3.8) is 0 Å². The van der Waals surface area contributed by atoms with E-state index in [9.17, 15) is 4.79 Å². The zero-order valence-corrected chi connectivity index (χ0v) is 11.2. The van der Waals surface area contributed by atoms with Crippen LogP contribution in [0.5, 0.6) is 5.75 Å². The summed E-state index contributed by atoms with van der Waals surface area (Å²) in [6.45, 7) is 3.84. The van der Waals surface area contributed by atoms with E-state index in [1.807, 2.05) is 12.1 Å². The largest absolute Gasteiger partial charge is 0.497 e. The van der Waals surface area contributed by atoms with E-state index < -0.39 is 0 Å². The second-order valence-electron chi connectivity index (χ2n) is 5.04. The Kier molecular flexibility index (Phi) is 4.24. The van der Waals surface area contributed by atoms with Crippen molar-refractivity contribution in [2.75, 3.05) is 25.1 Å². The Hall–Kier alpha value is -1.51. The van der Waals surface area contributed by atoms with Crippen LogP contribution in [0, 0.1) is 5.92 Å². The van der Waals surface area contributed by atoms with E-state index in [0.29, 0.717) is 11.7 Å². The summed E-state index contributed by atoms with van der Waals surface area (Å²) in [5.41, 5.74) is 1.25. The highest BCUT2D eigenvalue weighted by Crippen LogP contribution is 2.27. The lowest BCUT2D eigenvalue weighted by Crippen LogP contribution is -2.19. The number of ether oxygens (including phenoxy) is 1. The number of carbonyl (C=O) groups is 1. The first-order chi connectivity index (χ1) is 8.69. The second-order valence-corrected chi connectivity index (χ2v) is 5.04. The molecule has 1 aliphatic rings. The van der Waals surface area contributed by atoms with E-state index in [4.69, 9.17) is 4.74 Å². The van der Waals surface area contributed by atoms with E-state index in [-0.39, 0.29) is 0 Å². The molecule has 3 heteroatoms. The fourth-order valence-corrected chi connectivity index (χ4v) is 2.50. The van der Waals surface area contributed by atoms with E-state index in [1.165, 1.54) is 12.1 Å². The SMILES string of the molecule is COc1ccc(N2CCC(CCC(C)=O)C2)cc1. The van der Waals surface area contributed by atoms with Gasteiger partial charge in [0.05, 0.1) is 7.11 Å². The minimum absolute atomic E-state index is 0.304. The van der Waals surface area contributed by atoms with Crippen molar-refractivity contribution in [3.8, 4) is 5.75 Å². The van der Waals surface area contributed by atoms with Gasteiger partial charge in [-0.05, 0) is 49.9 Å². The summed E-state index contributed by atoms with van der Waals surface area (Å²) in [5, 5.41) is 0. The number of nitrogens with zero attached hydrogens (tertiary/aromatic N) is 1. The Morgan fingerprint density at radius 1 is 1.39 bits per heavy atom. The number of hydrogen-bond donors (Lipinski definition) is 0. The zero-order chi connectivity index (χ0) is 13.0. The van der Waals surface area contributed by atoms with Crippen LogP contribution in [0.3, 0.4) is 0 Å². The highest BCUT2D eigenvalue weighted by Gasteiger charge is 2.22. The number of hydrogen-bond acceptors (Lipinski definition) is 3. The van der Waals surface area contributed by atoms with E-state index in [0.717, 1.165) is 31.7 Å². The van der Waals surface area contributed by atoms with Crippen LogP contribution in [0.1, 0.15) is 26.2 Å². The maximum absolute atomic E-state index is 11.0. The van der Waals surface area contributed by atoms with Crippen LogP contribution >= 0.6 is 0 Å². The normalized spacial score (nSPS) is 19.0. The summed E-state index contributed by atoms with van der Waals surface area (Å²) in [6.07, 6.45) is 2.95. The molecule has 1 saturated heterocycles. The number of ketones is 1. The van der Waals surface area contributed by atoms with E-state index in [1.54, 1.807) is 14.0 Å². The molecule has 0 spiro atoms. The van der Waals surface area contributed by atoms with Crippen molar-refractivity contribution < 1.29 is 9.53 Å².